The third-order valence-corrected chi connectivity index (χ3v) is 2.72. The summed E-state index contributed by atoms with van der Waals surface area (Å²) < 4.78 is 0. The van der Waals surface area contributed by atoms with Crippen LogP contribution in [0.15, 0.2) is 35.1 Å². The van der Waals surface area contributed by atoms with Crippen molar-refractivity contribution in [3.63, 3.8) is 0 Å². The molecular weight excluding hydrogens is 174 g/mol. The van der Waals surface area contributed by atoms with Crippen LogP contribution in [-0.2, 0) is 0 Å². The highest BCUT2D eigenvalue weighted by Crippen LogP contribution is 2.19. The number of hydrogen-bond acceptors (Lipinski definition) is 2. The Morgan fingerprint density at radius 3 is 2.79 bits per heavy atom. The van der Waals surface area contributed by atoms with E-state index in [2.05, 4.69) is 5.32 Å². The van der Waals surface area contributed by atoms with Crippen LogP contribution < -0.4 is 10.7 Å². The van der Waals surface area contributed by atoms with Crippen LogP contribution in [0.2, 0.25) is 0 Å². The SMILES string of the molecule is O=c1cccccc1C1CCCCN1. The molecule has 2 heteroatoms. The molecule has 1 aromatic rings. The second kappa shape index (κ2) is 4.38. The van der Waals surface area contributed by atoms with Crippen LogP contribution in [0, 0.1) is 0 Å². The Labute approximate surface area is 84.0 Å². The van der Waals surface area contributed by atoms with Gasteiger partial charge >= 0.3 is 0 Å². The highest BCUT2D eigenvalue weighted by Gasteiger charge is 2.15. The Hall–Kier alpha value is -1.15. The molecule has 74 valence electrons. The zero-order valence-electron chi connectivity index (χ0n) is 8.20. The highest BCUT2D eigenvalue weighted by atomic mass is 16.1. The van der Waals surface area contributed by atoms with Gasteiger partial charge in [0.2, 0.25) is 0 Å². The molecule has 2 nitrogen and oxygen atoms in total. The molecule has 1 aliphatic heterocycles. The Morgan fingerprint density at radius 2 is 2.00 bits per heavy atom. The highest BCUT2D eigenvalue weighted by molar-refractivity contribution is 5.18. The van der Waals surface area contributed by atoms with Crippen molar-refractivity contribution in [2.24, 2.45) is 0 Å². The molecule has 0 spiro atoms. The van der Waals surface area contributed by atoms with E-state index in [0.29, 0.717) is 0 Å². The summed E-state index contributed by atoms with van der Waals surface area (Å²) >= 11 is 0. The van der Waals surface area contributed by atoms with Crippen molar-refractivity contribution in [1.82, 2.24) is 5.32 Å². The lowest BCUT2D eigenvalue weighted by Crippen LogP contribution is -2.29. The van der Waals surface area contributed by atoms with E-state index in [1.165, 1.54) is 12.8 Å². The second-order valence-electron chi connectivity index (χ2n) is 3.73. The molecule has 0 radical (unpaired) electrons. The van der Waals surface area contributed by atoms with Gasteiger partial charge in [0.15, 0.2) is 5.43 Å². The molecule has 0 aromatic heterocycles. The van der Waals surface area contributed by atoms with Crippen molar-refractivity contribution in [1.29, 1.82) is 0 Å². The van der Waals surface area contributed by atoms with Crippen molar-refractivity contribution in [3.05, 3.63) is 46.1 Å². The van der Waals surface area contributed by atoms with Gasteiger partial charge in [-0.1, -0.05) is 30.7 Å². The largest absolute Gasteiger partial charge is 0.310 e. The molecular formula is C12H15NO. The number of hydrogen-bond donors (Lipinski definition) is 1. The summed E-state index contributed by atoms with van der Waals surface area (Å²) in [5, 5.41) is 3.39. The lowest BCUT2D eigenvalue weighted by molar-refractivity contribution is 0.411. The van der Waals surface area contributed by atoms with E-state index >= 15 is 0 Å². The summed E-state index contributed by atoms with van der Waals surface area (Å²) in [4.78, 5) is 11.7. The van der Waals surface area contributed by atoms with Gasteiger partial charge in [0.25, 0.3) is 0 Å². The van der Waals surface area contributed by atoms with Crippen molar-refractivity contribution in [2.75, 3.05) is 6.54 Å². The van der Waals surface area contributed by atoms with Gasteiger partial charge in [-0.05, 0) is 25.5 Å². The molecule has 1 saturated heterocycles. The molecule has 14 heavy (non-hydrogen) atoms. The smallest absolute Gasteiger partial charge is 0.183 e. The maximum atomic E-state index is 11.7. The van der Waals surface area contributed by atoms with E-state index in [-0.39, 0.29) is 11.5 Å². The lowest BCUT2D eigenvalue weighted by atomic mass is 9.98. The van der Waals surface area contributed by atoms with Crippen molar-refractivity contribution < 1.29 is 0 Å². The Kier molecular flexibility index (Phi) is 2.94. The van der Waals surface area contributed by atoms with E-state index in [1.54, 1.807) is 12.1 Å². The normalized spacial score (nSPS) is 21.9. The summed E-state index contributed by atoms with van der Waals surface area (Å²) in [7, 11) is 0. The second-order valence-corrected chi connectivity index (χ2v) is 3.73. The van der Waals surface area contributed by atoms with Crippen molar-refractivity contribution in [2.45, 2.75) is 25.3 Å². The molecule has 1 unspecified atom stereocenters. The summed E-state index contributed by atoms with van der Waals surface area (Å²) in [6.45, 7) is 1.03. The average molecular weight is 189 g/mol. The summed E-state index contributed by atoms with van der Waals surface area (Å²) in [5.74, 6) is 0. The first-order chi connectivity index (χ1) is 6.88. The molecule has 1 fully saturated rings. The molecule has 0 amide bonds. The summed E-state index contributed by atoms with van der Waals surface area (Å²) in [6.07, 6.45) is 3.53. The Morgan fingerprint density at radius 1 is 1.14 bits per heavy atom. The van der Waals surface area contributed by atoms with E-state index in [9.17, 15) is 4.79 Å². The van der Waals surface area contributed by atoms with Crippen molar-refractivity contribution >= 4 is 0 Å². The minimum Gasteiger partial charge on any atom is -0.310 e. The maximum Gasteiger partial charge on any atom is 0.183 e. The van der Waals surface area contributed by atoms with E-state index in [4.69, 9.17) is 0 Å². The fourth-order valence-electron chi connectivity index (χ4n) is 1.95. The van der Waals surface area contributed by atoms with Gasteiger partial charge in [-0.15, -0.1) is 0 Å². The topological polar surface area (TPSA) is 29.1 Å². The van der Waals surface area contributed by atoms with Gasteiger partial charge in [0.05, 0.1) is 0 Å². The third-order valence-electron chi connectivity index (χ3n) is 2.72. The third kappa shape index (κ3) is 2.02. The molecule has 0 bridgehead atoms. The van der Waals surface area contributed by atoms with Gasteiger partial charge < -0.3 is 5.32 Å². The van der Waals surface area contributed by atoms with Crippen LogP contribution in [-0.4, -0.2) is 6.54 Å². The molecule has 2 rings (SSSR count). The van der Waals surface area contributed by atoms with Crippen LogP contribution in [0.25, 0.3) is 0 Å². The standard InChI is InChI=1S/C12H15NO/c14-12-8-3-1-2-6-10(12)11-7-4-5-9-13-11/h1-3,6,8,11,13H,4-5,7,9H2. The quantitative estimate of drug-likeness (QED) is 0.730. The molecule has 1 aromatic carbocycles. The van der Waals surface area contributed by atoms with Gasteiger partial charge in [-0.25, -0.2) is 0 Å². The number of piperidine rings is 1. The van der Waals surface area contributed by atoms with Gasteiger partial charge in [-0.2, -0.15) is 0 Å². The van der Waals surface area contributed by atoms with Crippen LogP contribution in [0.1, 0.15) is 30.9 Å². The molecule has 0 saturated carbocycles. The van der Waals surface area contributed by atoms with E-state index in [1.807, 2.05) is 18.2 Å². The van der Waals surface area contributed by atoms with Crippen LogP contribution in [0.5, 0.6) is 0 Å². The molecule has 1 N–H and O–H groups in total. The zero-order chi connectivity index (χ0) is 9.80. The predicted molar refractivity (Wildman–Crippen MR) is 57.3 cm³/mol. The molecule has 0 aliphatic carbocycles. The fraction of sp³-hybridized carbons (Fsp3) is 0.417. The van der Waals surface area contributed by atoms with Crippen molar-refractivity contribution in [3.8, 4) is 0 Å². The lowest BCUT2D eigenvalue weighted by Gasteiger charge is -2.22. The minimum absolute atomic E-state index is 0.148. The average Bonchev–Trinajstić information content (AvgIpc) is 2.44. The Bertz CT molecular complexity index is 356. The minimum atomic E-state index is 0.148. The van der Waals surface area contributed by atoms with Gasteiger partial charge in [0.1, 0.15) is 0 Å². The number of rotatable bonds is 1. The number of nitrogens with one attached hydrogen (secondary N) is 1. The first-order valence-electron chi connectivity index (χ1n) is 5.20. The first-order valence-corrected chi connectivity index (χ1v) is 5.20. The van der Waals surface area contributed by atoms with E-state index < -0.39 is 0 Å². The van der Waals surface area contributed by atoms with Crippen LogP contribution in [0.4, 0.5) is 0 Å². The van der Waals surface area contributed by atoms with Gasteiger partial charge in [-0.3, -0.25) is 4.79 Å². The summed E-state index contributed by atoms with van der Waals surface area (Å²) in [5.41, 5.74) is 1.06. The van der Waals surface area contributed by atoms with Crippen LogP contribution in [0.3, 0.4) is 0 Å². The zero-order valence-corrected chi connectivity index (χ0v) is 8.20. The predicted octanol–water partition coefficient (Wildman–Crippen LogP) is 1.86. The van der Waals surface area contributed by atoms with Crippen LogP contribution >= 0.6 is 0 Å². The molecule has 1 heterocycles. The van der Waals surface area contributed by atoms with Gasteiger partial charge in [0, 0.05) is 11.6 Å². The monoisotopic (exact) mass is 189 g/mol. The fourth-order valence-corrected chi connectivity index (χ4v) is 1.95. The molecule has 1 aliphatic rings. The Balaban J connectivity index is 2.31. The maximum absolute atomic E-state index is 11.7. The molecule has 1 atom stereocenters. The summed E-state index contributed by atoms with van der Waals surface area (Å²) in [6, 6.07) is 9.48. The van der Waals surface area contributed by atoms with E-state index in [0.717, 1.165) is 18.5 Å². The first kappa shape index (κ1) is 9.41.